The van der Waals surface area contributed by atoms with E-state index in [0.717, 1.165) is 10.6 Å². The fourth-order valence-electron chi connectivity index (χ4n) is 2.42. The van der Waals surface area contributed by atoms with Crippen molar-refractivity contribution < 1.29 is 5.11 Å². The van der Waals surface area contributed by atoms with Gasteiger partial charge in [-0.3, -0.25) is 0 Å². The summed E-state index contributed by atoms with van der Waals surface area (Å²) in [5, 5.41) is 28.9. The molecule has 132 valence electrons. The van der Waals surface area contributed by atoms with Crippen LogP contribution in [0.15, 0.2) is 35.7 Å². The van der Waals surface area contributed by atoms with Gasteiger partial charge in [-0.2, -0.15) is 4.52 Å². The van der Waals surface area contributed by atoms with Crippen LogP contribution >= 0.6 is 34.5 Å². The molecule has 0 saturated heterocycles. The molecule has 0 aliphatic heterocycles. The molecule has 0 saturated carbocycles. The van der Waals surface area contributed by atoms with Gasteiger partial charge in [0.25, 0.3) is 0 Å². The van der Waals surface area contributed by atoms with Crippen LogP contribution in [0.4, 0.5) is 5.82 Å². The number of aliphatic hydroxyl groups is 1. The number of fused-ring (bicyclic) bond motifs is 1. The largest absolute Gasteiger partial charge is 0.390 e. The lowest BCUT2D eigenvalue weighted by Crippen LogP contribution is -2.04. The molecule has 0 amide bonds. The predicted molar refractivity (Wildman–Crippen MR) is 102 cm³/mol. The van der Waals surface area contributed by atoms with Gasteiger partial charge in [-0.1, -0.05) is 23.2 Å². The number of aromatic nitrogens is 5. The van der Waals surface area contributed by atoms with E-state index in [4.69, 9.17) is 28.3 Å². The van der Waals surface area contributed by atoms with Crippen LogP contribution in [-0.4, -0.2) is 29.9 Å². The number of nitrogens with one attached hydrogen (secondary N) is 1. The molecule has 1 aromatic carbocycles. The Morgan fingerprint density at radius 2 is 1.92 bits per heavy atom. The summed E-state index contributed by atoms with van der Waals surface area (Å²) in [5.41, 5.74) is 2.00. The van der Waals surface area contributed by atoms with Crippen LogP contribution in [0.3, 0.4) is 0 Å². The summed E-state index contributed by atoms with van der Waals surface area (Å²) in [4.78, 5) is 4.30. The standard InChI is InChI=1S/C16H12Cl2N6OS/c17-10-3-9(4-11(18)5-10)16-22-21-14-2-1-13(23-24(14)16)19-6-15-20-12(7-25)8-26-15/h1-5,8,25H,6-7H2,(H,19,23). The fourth-order valence-corrected chi connectivity index (χ4v) is 3.67. The van der Waals surface area contributed by atoms with E-state index < -0.39 is 0 Å². The van der Waals surface area contributed by atoms with Crippen LogP contribution in [0.25, 0.3) is 17.0 Å². The van der Waals surface area contributed by atoms with E-state index in [0.29, 0.717) is 39.6 Å². The number of rotatable bonds is 5. The molecule has 0 unspecified atom stereocenters. The van der Waals surface area contributed by atoms with Gasteiger partial charge in [-0.15, -0.1) is 26.6 Å². The maximum absolute atomic E-state index is 9.08. The Morgan fingerprint density at radius 1 is 1.12 bits per heavy atom. The average molecular weight is 407 g/mol. The second kappa shape index (κ2) is 7.16. The Bertz CT molecular complexity index is 1060. The van der Waals surface area contributed by atoms with Gasteiger partial charge < -0.3 is 10.4 Å². The zero-order chi connectivity index (χ0) is 18.1. The summed E-state index contributed by atoms with van der Waals surface area (Å²) >= 11 is 13.6. The van der Waals surface area contributed by atoms with Gasteiger partial charge in [0.2, 0.25) is 0 Å². The molecule has 0 radical (unpaired) electrons. The molecular weight excluding hydrogens is 395 g/mol. The molecular formula is C16H12Cl2N6OS. The van der Waals surface area contributed by atoms with Crippen molar-refractivity contribution in [3.8, 4) is 11.4 Å². The lowest BCUT2D eigenvalue weighted by Gasteiger charge is -2.05. The van der Waals surface area contributed by atoms with Gasteiger partial charge in [0.15, 0.2) is 11.5 Å². The van der Waals surface area contributed by atoms with Gasteiger partial charge in [0, 0.05) is 21.0 Å². The minimum absolute atomic E-state index is 0.0625. The molecule has 10 heteroatoms. The van der Waals surface area contributed by atoms with Crippen LogP contribution in [0, 0.1) is 0 Å². The van der Waals surface area contributed by atoms with Crippen molar-refractivity contribution >= 4 is 46.0 Å². The van der Waals surface area contributed by atoms with Crippen LogP contribution in [0.5, 0.6) is 0 Å². The zero-order valence-corrected chi connectivity index (χ0v) is 15.6. The minimum Gasteiger partial charge on any atom is -0.390 e. The highest BCUT2D eigenvalue weighted by Gasteiger charge is 2.12. The highest BCUT2D eigenvalue weighted by Crippen LogP contribution is 2.26. The Labute approximate surface area is 162 Å². The first kappa shape index (κ1) is 17.2. The lowest BCUT2D eigenvalue weighted by atomic mass is 10.2. The van der Waals surface area contributed by atoms with E-state index in [1.54, 1.807) is 22.7 Å². The summed E-state index contributed by atoms with van der Waals surface area (Å²) in [6.45, 7) is 0.441. The zero-order valence-electron chi connectivity index (χ0n) is 13.2. The number of benzene rings is 1. The third-order valence-corrected chi connectivity index (χ3v) is 4.90. The lowest BCUT2D eigenvalue weighted by molar-refractivity contribution is 0.277. The van der Waals surface area contributed by atoms with E-state index in [9.17, 15) is 0 Å². The molecule has 0 atom stereocenters. The number of anilines is 1. The van der Waals surface area contributed by atoms with Gasteiger partial charge in [-0.25, -0.2) is 4.98 Å². The first-order valence-electron chi connectivity index (χ1n) is 7.59. The number of aliphatic hydroxyl groups excluding tert-OH is 1. The second-order valence-corrected chi connectivity index (χ2v) is 7.23. The smallest absolute Gasteiger partial charge is 0.185 e. The number of hydrogen-bond donors (Lipinski definition) is 2. The SMILES string of the molecule is OCc1csc(CNc2ccc3nnc(-c4cc(Cl)cc(Cl)c4)n3n2)n1. The summed E-state index contributed by atoms with van der Waals surface area (Å²) in [5.74, 6) is 1.19. The Kier molecular flexibility index (Phi) is 4.73. The third-order valence-electron chi connectivity index (χ3n) is 3.57. The summed E-state index contributed by atoms with van der Waals surface area (Å²) in [6.07, 6.45) is 0. The first-order valence-corrected chi connectivity index (χ1v) is 9.23. The maximum atomic E-state index is 9.08. The Morgan fingerprint density at radius 3 is 2.65 bits per heavy atom. The van der Waals surface area contributed by atoms with Crippen LogP contribution < -0.4 is 5.32 Å². The average Bonchev–Trinajstić information content (AvgIpc) is 3.25. The molecule has 4 aromatic rings. The van der Waals surface area contributed by atoms with Crippen LogP contribution in [-0.2, 0) is 13.2 Å². The molecule has 2 N–H and O–H groups in total. The monoisotopic (exact) mass is 406 g/mol. The quantitative estimate of drug-likeness (QED) is 0.525. The minimum atomic E-state index is -0.0625. The van der Waals surface area contributed by atoms with E-state index in [1.807, 2.05) is 17.5 Å². The molecule has 7 nitrogen and oxygen atoms in total. The van der Waals surface area contributed by atoms with Gasteiger partial charge in [0.05, 0.1) is 18.8 Å². The van der Waals surface area contributed by atoms with Gasteiger partial charge >= 0.3 is 0 Å². The Hall–Kier alpha value is -2.26. The molecule has 0 bridgehead atoms. The van der Waals surface area contributed by atoms with Crippen LogP contribution in [0.2, 0.25) is 10.0 Å². The molecule has 4 rings (SSSR count). The van der Waals surface area contributed by atoms with Crippen molar-refractivity contribution in [2.75, 3.05) is 5.32 Å². The predicted octanol–water partition coefficient (Wildman–Crippen LogP) is 3.66. The van der Waals surface area contributed by atoms with E-state index in [2.05, 4.69) is 25.6 Å². The second-order valence-electron chi connectivity index (χ2n) is 5.41. The van der Waals surface area contributed by atoms with Gasteiger partial charge in [0.1, 0.15) is 10.8 Å². The number of thiazole rings is 1. The van der Waals surface area contributed by atoms with Crippen molar-refractivity contribution in [3.05, 3.63) is 56.5 Å². The highest BCUT2D eigenvalue weighted by molar-refractivity contribution is 7.09. The van der Waals surface area contributed by atoms with Crippen molar-refractivity contribution in [2.45, 2.75) is 13.2 Å². The fraction of sp³-hybridized carbons (Fsp3) is 0.125. The third kappa shape index (κ3) is 3.49. The van der Waals surface area contributed by atoms with Gasteiger partial charge in [-0.05, 0) is 30.3 Å². The summed E-state index contributed by atoms with van der Waals surface area (Å²) < 4.78 is 1.63. The molecule has 0 aliphatic carbocycles. The molecule has 0 spiro atoms. The number of halogens is 2. The van der Waals surface area contributed by atoms with E-state index >= 15 is 0 Å². The van der Waals surface area contributed by atoms with Crippen molar-refractivity contribution in [1.29, 1.82) is 0 Å². The first-order chi connectivity index (χ1) is 12.6. The van der Waals surface area contributed by atoms with E-state index in [-0.39, 0.29) is 6.61 Å². The molecule has 0 aliphatic rings. The molecule has 26 heavy (non-hydrogen) atoms. The maximum Gasteiger partial charge on any atom is 0.185 e. The van der Waals surface area contributed by atoms with E-state index in [1.165, 1.54) is 11.3 Å². The topological polar surface area (TPSA) is 88.2 Å². The molecule has 3 heterocycles. The van der Waals surface area contributed by atoms with Crippen LogP contribution in [0.1, 0.15) is 10.7 Å². The van der Waals surface area contributed by atoms with Crippen molar-refractivity contribution in [2.24, 2.45) is 0 Å². The number of hydrogen-bond acceptors (Lipinski definition) is 7. The normalized spacial score (nSPS) is 11.2. The Balaban J connectivity index is 1.63. The van der Waals surface area contributed by atoms with Crippen molar-refractivity contribution in [3.63, 3.8) is 0 Å². The molecule has 3 aromatic heterocycles. The number of nitrogens with zero attached hydrogens (tertiary/aromatic N) is 5. The highest BCUT2D eigenvalue weighted by atomic mass is 35.5. The summed E-state index contributed by atoms with van der Waals surface area (Å²) in [6, 6.07) is 8.82. The van der Waals surface area contributed by atoms with Crippen molar-refractivity contribution in [1.82, 2.24) is 24.8 Å². The summed E-state index contributed by atoms with van der Waals surface area (Å²) in [7, 11) is 0. The molecule has 0 fully saturated rings.